The zero-order chi connectivity index (χ0) is 10.5. The third-order valence-electron chi connectivity index (χ3n) is 1.69. The summed E-state index contributed by atoms with van der Waals surface area (Å²) in [6.07, 6.45) is 0.673. The van der Waals surface area contributed by atoms with Gasteiger partial charge in [-0.3, -0.25) is 4.79 Å². The summed E-state index contributed by atoms with van der Waals surface area (Å²) >= 11 is 0. The number of hydrogen-bond acceptors (Lipinski definition) is 3. The van der Waals surface area contributed by atoms with Crippen LogP contribution in [0.25, 0.3) is 0 Å². The lowest BCUT2D eigenvalue weighted by Gasteiger charge is -2.21. The molecule has 0 radical (unpaired) electrons. The Morgan fingerprint density at radius 1 is 1.38 bits per heavy atom. The highest BCUT2D eigenvalue weighted by molar-refractivity contribution is 5.75. The van der Waals surface area contributed by atoms with E-state index in [9.17, 15) is 4.79 Å². The van der Waals surface area contributed by atoms with Crippen LogP contribution in [0.3, 0.4) is 0 Å². The molecule has 0 rings (SSSR count). The van der Waals surface area contributed by atoms with E-state index in [0.29, 0.717) is 6.61 Å². The van der Waals surface area contributed by atoms with Crippen molar-refractivity contribution in [2.24, 2.45) is 5.41 Å². The highest BCUT2D eigenvalue weighted by Crippen LogP contribution is 2.17. The molecule has 78 valence electrons. The van der Waals surface area contributed by atoms with Crippen molar-refractivity contribution < 1.29 is 14.3 Å². The van der Waals surface area contributed by atoms with Crippen molar-refractivity contribution in [1.29, 1.82) is 0 Å². The van der Waals surface area contributed by atoms with Gasteiger partial charge in [0.1, 0.15) is 6.10 Å². The van der Waals surface area contributed by atoms with Crippen molar-refractivity contribution in [3.8, 4) is 0 Å². The maximum atomic E-state index is 11.4. The Bertz CT molecular complexity index is 158. The van der Waals surface area contributed by atoms with E-state index >= 15 is 0 Å². The van der Waals surface area contributed by atoms with E-state index < -0.39 is 5.41 Å². The fourth-order valence-electron chi connectivity index (χ4n) is 0.749. The van der Waals surface area contributed by atoms with E-state index in [1.807, 2.05) is 27.7 Å². The van der Waals surface area contributed by atoms with Gasteiger partial charge in [-0.2, -0.15) is 0 Å². The molecule has 0 spiro atoms. The monoisotopic (exact) mass is 188 g/mol. The van der Waals surface area contributed by atoms with Crippen LogP contribution in [-0.4, -0.2) is 25.8 Å². The first-order valence-corrected chi connectivity index (χ1v) is 4.61. The van der Waals surface area contributed by atoms with Gasteiger partial charge in [-0.1, -0.05) is 6.92 Å². The summed E-state index contributed by atoms with van der Waals surface area (Å²) in [5.74, 6) is -0.170. The highest BCUT2D eigenvalue weighted by atomic mass is 16.6. The molecule has 13 heavy (non-hydrogen) atoms. The molecule has 0 aliphatic heterocycles. The van der Waals surface area contributed by atoms with Crippen molar-refractivity contribution in [1.82, 2.24) is 0 Å². The van der Waals surface area contributed by atoms with E-state index in [0.717, 1.165) is 6.42 Å². The van der Waals surface area contributed by atoms with Crippen LogP contribution in [0.15, 0.2) is 0 Å². The van der Waals surface area contributed by atoms with Crippen molar-refractivity contribution in [2.45, 2.75) is 40.2 Å². The van der Waals surface area contributed by atoms with Crippen molar-refractivity contribution in [3.63, 3.8) is 0 Å². The second-order valence-corrected chi connectivity index (χ2v) is 4.14. The van der Waals surface area contributed by atoms with E-state index in [1.165, 1.54) is 0 Å². The third kappa shape index (κ3) is 4.88. The van der Waals surface area contributed by atoms with E-state index in [4.69, 9.17) is 9.47 Å². The van der Waals surface area contributed by atoms with E-state index in [-0.39, 0.29) is 12.1 Å². The molecule has 0 aromatic rings. The quantitative estimate of drug-likeness (QED) is 0.633. The summed E-state index contributed by atoms with van der Waals surface area (Å²) < 4.78 is 10.2. The largest absolute Gasteiger partial charge is 0.460 e. The molecule has 0 N–H and O–H groups in total. The summed E-state index contributed by atoms with van der Waals surface area (Å²) in [5, 5.41) is 0. The summed E-state index contributed by atoms with van der Waals surface area (Å²) in [7, 11) is 1.60. The van der Waals surface area contributed by atoms with Gasteiger partial charge in [0.25, 0.3) is 0 Å². The predicted octanol–water partition coefficient (Wildman–Crippen LogP) is 2.00. The molecule has 0 saturated carbocycles. The van der Waals surface area contributed by atoms with Crippen LogP contribution in [-0.2, 0) is 14.3 Å². The Balaban J connectivity index is 4.01. The molecule has 0 saturated heterocycles. The van der Waals surface area contributed by atoms with Crippen LogP contribution in [0.5, 0.6) is 0 Å². The number of ether oxygens (including phenoxy) is 2. The first kappa shape index (κ1) is 12.4. The first-order valence-electron chi connectivity index (χ1n) is 4.61. The third-order valence-corrected chi connectivity index (χ3v) is 1.69. The lowest BCUT2D eigenvalue weighted by Crippen LogP contribution is -2.30. The number of methoxy groups -OCH3 is 1. The second kappa shape index (κ2) is 5.22. The van der Waals surface area contributed by atoms with Gasteiger partial charge in [0.05, 0.1) is 12.0 Å². The Morgan fingerprint density at radius 2 is 1.92 bits per heavy atom. The van der Waals surface area contributed by atoms with Gasteiger partial charge in [0.2, 0.25) is 0 Å². The smallest absolute Gasteiger partial charge is 0.311 e. The molecule has 0 heterocycles. The molecule has 3 nitrogen and oxygen atoms in total. The lowest BCUT2D eigenvalue weighted by atomic mass is 9.97. The summed E-state index contributed by atoms with van der Waals surface area (Å²) in [6.45, 7) is 7.97. The number of rotatable bonds is 4. The van der Waals surface area contributed by atoms with Crippen molar-refractivity contribution >= 4 is 5.97 Å². The maximum absolute atomic E-state index is 11.4. The maximum Gasteiger partial charge on any atom is 0.311 e. The molecule has 0 aromatic carbocycles. The minimum atomic E-state index is -0.429. The van der Waals surface area contributed by atoms with Crippen LogP contribution in [0.2, 0.25) is 0 Å². The average molecular weight is 188 g/mol. The summed E-state index contributed by atoms with van der Waals surface area (Å²) in [4.78, 5) is 11.4. The van der Waals surface area contributed by atoms with Gasteiger partial charge in [0, 0.05) is 7.11 Å². The topological polar surface area (TPSA) is 35.5 Å². The standard InChI is InChI=1S/C10H20O3/c1-6-8(7-12-5)13-9(11)10(2,3)4/h8H,6-7H2,1-5H3. The molecule has 3 heteroatoms. The summed E-state index contributed by atoms with van der Waals surface area (Å²) in [5.41, 5.74) is -0.429. The number of esters is 1. The molecular formula is C10H20O3. The van der Waals surface area contributed by atoms with Crippen molar-refractivity contribution in [3.05, 3.63) is 0 Å². The molecule has 0 bridgehead atoms. The van der Waals surface area contributed by atoms with Crippen LogP contribution < -0.4 is 0 Å². The van der Waals surface area contributed by atoms with Gasteiger partial charge in [0.15, 0.2) is 0 Å². The van der Waals surface area contributed by atoms with Gasteiger partial charge >= 0.3 is 5.97 Å². The molecule has 0 aliphatic rings. The number of carbonyl (C=O) groups excluding carboxylic acids is 1. The van der Waals surface area contributed by atoms with Crippen LogP contribution in [0.4, 0.5) is 0 Å². The SMILES string of the molecule is CCC(COC)OC(=O)C(C)(C)C. The van der Waals surface area contributed by atoms with Crippen molar-refractivity contribution in [2.75, 3.05) is 13.7 Å². The molecule has 1 atom stereocenters. The van der Waals surface area contributed by atoms with Gasteiger partial charge < -0.3 is 9.47 Å². The second-order valence-electron chi connectivity index (χ2n) is 4.14. The predicted molar refractivity (Wildman–Crippen MR) is 51.5 cm³/mol. The van der Waals surface area contributed by atoms with Gasteiger partial charge in [-0.25, -0.2) is 0 Å². The minimum Gasteiger partial charge on any atom is -0.460 e. The van der Waals surface area contributed by atoms with E-state index in [1.54, 1.807) is 7.11 Å². The molecular weight excluding hydrogens is 168 g/mol. The van der Waals surface area contributed by atoms with Crippen LogP contribution in [0, 0.1) is 5.41 Å². The highest BCUT2D eigenvalue weighted by Gasteiger charge is 2.25. The number of carbonyl (C=O) groups is 1. The normalized spacial score (nSPS) is 13.9. The Labute approximate surface area is 80.4 Å². The Morgan fingerprint density at radius 3 is 2.23 bits per heavy atom. The van der Waals surface area contributed by atoms with Gasteiger partial charge in [-0.15, -0.1) is 0 Å². The first-order chi connectivity index (χ1) is 5.91. The fourth-order valence-corrected chi connectivity index (χ4v) is 0.749. The number of hydrogen-bond donors (Lipinski definition) is 0. The van der Waals surface area contributed by atoms with Crippen LogP contribution in [0.1, 0.15) is 34.1 Å². The fraction of sp³-hybridized carbons (Fsp3) is 0.900. The molecule has 0 aromatic heterocycles. The van der Waals surface area contributed by atoms with Crippen LogP contribution >= 0.6 is 0 Å². The molecule has 1 unspecified atom stereocenters. The van der Waals surface area contributed by atoms with E-state index in [2.05, 4.69) is 0 Å². The molecule has 0 fully saturated rings. The zero-order valence-corrected chi connectivity index (χ0v) is 9.22. The lowest BCUT2D eigenvalue weighted by molar-refractivity contribution is -0.161. The zero-order valence-electron chi connectivity index (χ0n) is 9.22. The Kier molecular flexibility index (Phi) is 4.99. The minimum absolute atomic E-state index is 0.114. The average Bonchev–Trinajstić information content (AvgIpc) is 2.01. The Hall–Kier alpha value is -0.570. The van der Waals surface area contributed by atoms with Gasteiger partial charge in [-0.05, 0) is 27.2 Å². The molecule has 0 amide bonds. The summed E-state index contributed by atoms with van der Waals surface area (Å²) in [6, 6.07) is 0. The molecule has 0 aliphatic carbocycles.